The zero-order valence-corrected chi connectivity index (χ0v) is 17.9. The zero-order chi connectivity index (χ0) is 22.6. The van der Waals surface area contributed by atoms with Gasteiger partial charge in [0, 0.05) is 56.2 Å². The number of imide groups is 1. The molecule has 1 aliphatic carbocycles. The summed E-state index contributed by atoms with van der Waals surface area (Å²) in [6.07, 6.45) is 1.04. The fourth-order valence-corrected chi connectivity index (χ4v) is 5.54. The van der Waals surface area contributed by atoms with Crippen LogP contribution in [-0.4, -0.2) is 47.9 Å². The molecular formula is C25H25N3O4. The average Bonchev–Trinajstić information content (AvgIpc) is 3.05. The number of hydrogen-bond donors (Lipinski definition) is 1. The molecule has 0 aromatic heterocycles. The molecule has 0 radical (unpaired) electrons. The van der Waals surface area contributed by atoms with Crippen molar-refractivity contribution in [2.75, 3.05) is 18.5 Å². The number of anilines is 1. The Balaban J connectivity index is 1.41. The predicted molar refractivity (Wildman–Crippen MR) is 119 cm³/mol. The molecule has 3 unspecified atom stereocenters. The molecule has 1 fully saturated rings. The molecule has 2 N–H and O–H groups in total. The summed E-state index contributed by atoms with van der Waals surface area (Å²) in [7, 11) is 1.92. The molecule has 2 amide bonds. The Kier molecular flexibility index (Phi) is 4.93. The van der Waals surface area contributed by atoms with Crippen LogP contribution in [-0.2, 0) is 11.3 Å². The Bertz CT molecular complexity index is 1120. The van der Waals surface area contributed by atoms with E-state index in [4.69, 9.17) is 5.73 Å². The summed E-state index contributed by atoms with van der Waals surface area (Å²) >= 11 is 0. The minimum Gasteiger partial charge on any atom is -0.370 e. The van der Waals surface area contributed by atoms with E-state index in [1.165, 1.54) is 4.90 Å². The van der Waals surface area contributed by atoms with Crippen LogP contribution in [0.5, 0.6) is 0 Å². The molecule has 32 heavy (non-hydrogen) atoms. The van der Waals surface area contributed by atoms with Gasteiger partial charge in [-0.2, -0.15) is 0 Å². The summed E-state index contributed by atoms with van der Waals surface area (Å²) < 4.78 is 0. The van der Waals surface area contributed by atoms with Gasteiger partial charge in [0.2, 0.25) is 0 Å². The summed E-state index contributed by atoms with van der Waals surface area (Å²) in [5, 5.41) is 0. The van der Waals surface area contributed by atoms with Gasteiger partial charge in [-0.25, -0.2) is 0 Å². The van der Waals surface area contributed by atoms with Crippen molar-refractivity contribution in [3.8, 4) is 0 Å². The average molecular weight is 431 g/mol. The summed E-state index contributed by atoms with van der Waals surface area (Å²) in [6.45, 7) is 0.542. The van der Waals surface area contributed by atoms with E-state index < -0.39 is 0 Å². The predicted octanol–water partition coefficient (Wildman–Crippen LogP) is 2.43. The number of nitrogens with two attached hydrogens (primary N) is 1. The molecule has 2 aromatic carbocycles. The third kappa shape index (κ3) is 3.07. The van der Waals surface area contributed by atoms with Crippen molar-refractivity contribution in [3.05, 3.63) is 64.7 Å². The van der Waals surface area contributed by atoms with E-state index in [9.17, 15) is 19.2 Å². The molecule has 1 saturated carbocycles. The number of nitrogens with zero attached hydrogens (tertiary/aromatic N) is 2. The topological polar surface area (TPSA) is 101 Å². The largest absolute Gasteiger partial charge is 0.370 e. The second kappa shape index (κ2) is 7.67. The van der Waals surface area contributed by atoms with E-state index in [0.29, 0.717) is 36.1 Å². The van der Waals surface area contributed by atoms with Gasteiger partial charge in [0.1, 0.15) is 5.78 Å². The Morgan fingerprint density at radius 1 is 0.938 bits per heavy atom. The van der Waals surface area contributed by atoms with E-state index in [0.717, 1.165) is 11.3 Å². The van der Waals surface area contributed by atoms with E-state index in [1.54, 1.807) is 24.3 Å². The molecule has 0 saturated heterocycles. The normalized spacial score (nSPS) is 24.5. The zero-order valence-electron chi connectivity index (χ0n) is 17.9. The number of fused-ring (bicyclic) bond motifs is 3. The van der Waals surface area contributed by atoms with E-state index in [-0.39, 0.29) is 54.2 Å². The number of Topliss-reactive ketones (excluding diaryl/α,β-unsaturated/α-hetero) is 2. The number of rotatable bonds is 4. The standard InChI is InChI=1S/C25H25N3O4/c1-27-20-7-6-14(13-26)10-19(20)23(30)22-15(11-16(29)12-21(22)27)8-9-28-24(31)17-4-2-3-5-18(17)25(28)32/h2-7,10,15,21-22H,8-9,11-13,26H2,1H3. The lowest BCUT2D eigenvalue weighted by molar-refractivity contribution is -0.122. The summed E-state index contributed by atoms with van der Waals surface area (Å²) in [4.78, 5) is 54.9. The summed E-state index contributed by atoms with van der Waals surface area (Å²) in [5.74, 6) is -1.06. The third-order valence-corrected chi connectivity index (χ3v) is 7.19. The maximum absolute atomic E-state index is 13.6. The summed E-state index contributed by atoms with van der Waals surface area (Å²) in [6, 6.07) is 12.2. The lowest BCUT2D eigenvalue weighted by Crippen LogP contribution is -2.53. The first kappa shape index (κ1) is 20.6. The van der Waals surface area contributed by atoms with Gasteiger partial charge < -0.3 is 10.6 Å². The minimum atomic E-state index is -0.353. The molecule has 2 heterocycles. The van der Waals surface area contributed by atoms with Gasteiger partial charge in [0.15, 0.2) is 5.78 Å². The smallest absolute Gasteiger partial charge is 0.261 e. The first-order valence-corrected chi connectivity index (χ1v) is 11.0. The van der Waals surface area contributed by atoms with E-state index >= 15 is 0 Å². The molecule has 2 aromatic rings. The van der Waals surface area contributed by atoms with Crippen molar-refractivity contribution < 1.29 is 19.2 Å². The molecular weight excluding hydrogens is 406 g/mol. The van der Waals surface area contributed by atoms with Crippen LogP contribution in [0.4, 0.5) is 5.69 Å². The summed E-state index contributed by atoms with van der Waals surface area (Å²) in [5.41, 5.74) is 8.94. The van der Waals surface area contributed by atoms with Crippen LogP contribution in [0, 0.1) is 11.8 Å². The number of benzene rings is 2. The Labute approximate surface area is 186 Å². The van der Waals surface area contributed by atoms with Crippen molar-refractivity contribution in [1.29, 1.82) is 0 Å². The first-order valence-electron chi connectivity index (χ1n) is 11.0. The highest BCUT2D eigenvalue weighted by Gasteiger charge is 2.47. The fraction of sp³-hybridized carbons (Fsp3) is 0.360. The molecule has 0 spiro atoms. The van der Waals surface area contributed by atoms with E-state index in [1.807, 2.05) is 30.1 Å². The van der Waals surface area contributed by atoms with Gasteiger partial charge >= 0.3 is 0 Å². The maximum atomic E-state index is 13.6. The monoisotopic (exact) mass is 431 g/mol. The quantitative estimate of drug-likeness (QED) is 0.747. The van der Waals surface area contributed by atoms with Crippen LogP contribution in [0.2, 0.25) is 0 Å². The van der Waals surface area contributed by atoms with Crippen LogP contribution in [0.1, 0.15) is 55.9 Å². The Morgan fingerprint density at radius 3 is 2.28 bits per heavy atom. The van der Waals surface area contributed by atoms with Gasteiger partial charge in [-0.3, -0.25) is 24.1 Å². The second-order valence-electron chi connectivity index (χ2n) is 8.93. The third-order valence-electron chi connectivity index (χ3n) is 7.19. The van der Waals surface area contributed by atoms with Gasteiger partial charge in [0.05, 0.1) is 11.1 Å². The number of ketones is 2. The SMILES string of the molecule is CN1c2ccc(CN)cc2C(=O)C2C(CCN3C(=O)c4ccccc4C3=O)CC(=O)CC21. The molecule has 0 bridgehead atoms. The van der Waals surface area contributed by atoms with Crippen LogP contribution >= 0.6 is 0 Å². The molecule has 3 atom stereocenters. The molecule has 164 valence electrons. The molecule has 7 nitrogen and oxygen atoms in total. The van der Waals surface area contributed by atoms with Gasteiger partial charge in [-0.15, -0.1) is 0 Å². The lowest BCUT2D eigenvalue weighted by Gasteiger charge is -2.46. The fourth-order valence-electron chi connectivity index (χ4n) is 5.54. The van der Waals surface area contributed by atoms with Crippen molar-refractivity contribution in [2.45, 2.75) is 31.8 Å². The highest BCUT2D eigenvalue weighted by atomic mass is 16.2. The number of carbonyl (C=O) groups excluding carboxylic acids is 4. The van der Waals surface area contributed by atoms with Gasteiger partial charge in [0.25, 0.3) is 11.8 Å². The van der Waals surface area contributed by atoms with Gasteiger partial charge in [-0.1, -0.05) is 18.2 Å². The van der Waals surface area contributed by atoms with E-state index in [2.05, 4.69) is 0 Å². The minimum absolute atomic E-state index is 0.0262. The van der Waals surface area contributed by atoms with Crippen molar-refractivity contribution in [1.82, 2.24) is 4.90 Å². The van der Waals surface area contributed by atoms with Crippen LogP contribution < -0.4 is 10.6 Å². The molecule has 3 aliphatic rings. The number of amides is 2. The lowest BCUT2D eigenvalue weighted by atomic mass is 9.68. The number of hydrogen-bond acceptors (Lipinski definition) is 6. The first-order chi connectivity index (χ1) is 15.4. The Morgan fingerprint density at radius 2 is 1.62 bits per heavy atom. The Hall–Kier alpha value is -3.32. The highest BCUT2D eigenvalue weighted by molar-refractivity contribution is 6.21. The molecule has 2 aliphatic heterocycles. The van der Waals surface area contributed by atoms with Crippen LogP contribution in [0.25, 0.3) is 0 Å². The molecule has 7 heteroatoms. The molecule has 5 rings (SSSR count). The maximum Gasteiger partial charge on any atom is 0.261 e. The van der Waals surface area contributed by atoms with Crippen LogP contribution in [0.3, 0.4) is 0 Å². The van der Waals surface area contributed by atoms with Crippen molar-refractivity contribution in [2.24, 2.45) is 17.6 Å². The van der Waals surface area contributed by atoms with Crippen molar-refractivity contribution in [3.63, 3.8) is 0 Å². The van der Waals surface area contributed by atoms with Gasteiger partial charge in [-0.05, 0) is 42.2 Å². The second-order valence-corrected chi connectivity index (χ2v) is 8.93. The highest BCUT2D eigenvalue weighted by Crippen LogP contribution is 2.43. The number of carbonyl (C=O) groups is 4. The van der Waals surface area contributed by atoms with Crippen molar-refractivity contribution >= 4 is 29.1 Å². The van der Waals surface area contributed by atoms with Crippen LogP contribution in [0.15, 0.2) is 42.5 Å².